The van der Waals surface area contributed by atoms with E-state index in [1.54, 1.807) is 26.5 Å². The second kappa shape index (κ2) is 3.65. The van der Waals surface area contributed by atoms with E-state index in [-0.39, 0.29) is 0 Å². The van der Waals surface area contributed by atoms with Gasteiger partial charge in [-0.05, 0) is 18.2 Å². The predicted molar refractivity (Wildman–Crippen MR) is 59.3 cm³/mol. The third-order valence-corrected chi connectivity index (χ3v) is 2.29. The van der Waals surface area contributed by atoms with Crippen LogP contribution in [0, 0.1) is 0 Å². The maximum atomic E-state index is 5.83. The number of ether oxygens (including phenoxy) is 2. The zero-order valence-electron chi connectivity index (χ0n) is 8.65. The summed E-state index contributed by atoms with van der Waals surface area (Å²) in [6, 6.07) is 5.45. The summed E-state index contributed by atoms with van der Waals surface area (Å²) in [6.07, 6.45) is 1.65. The number of pyridine rings is 1. The zero-order chi connectivity index (χ0) is 10.8. The molecule has 1 aromatic heterocycles. The molecular weight excluding hydrogens is 192 g/mol. The Hall–Kier alpha value is -1.97. The molecule has 4 heteroatoms. The molecule has 2 N–H and O–H groups in total. The molecule has 78 valence electrons. The van der Waals surface area contributed by atoms with Gasteiger partial charge >= 0.3 is 0 Å². The molecule has 0 fully saturated rings. The summed E-state index contributed by atoms with van der Waals surface area (Å²) >= 11 is 0. The predicted octanol–water partition coefficient (Wildman–Crippen LogP) is 1.83. The number of rotatable bonds is 2. The van der Waals surface area contributed by atoms with Crippen molar-refractivity contribution in [2.45, 2.75) is 0 Å². The first kappa shape index (κ1) is 9.58. The average molecular weight is 204 g/mol. The molecule has 0 saturated heterocycles. The van der Waals surface area contributed by atoms with Crippen LogP contribution in [0.2, 0.25) is 0 Å². The first-order valence-electron chi connectivity index (χ1n) is 4.53. The molecule has 4 nitrogen and oxygen atoms in total. The fourth-order valence-corrected chi connectivity index (χ4v) is 1.55. The van der Waals surface area contributed by atoms with Gasteiger partial charge in [0.1, 0.15) is 5.52 Å². The Morgan fingerprint density at radius 2 is 1.93 bits per heavy atom. The van der Waals surface area contributed by atoms with Crippen LogP contribution in [0.5, 0.6) is 11.5 Å². The van der Waals surface area contributed by atoms with Gasteiger partial charge in [-0.2, -0.15) is 0 Å². The maximum Gasteiger partial charge on any atom is 0.187 e. The lowest BCUT2D eigenvalue weighted by Crippen LogP contribution is -1.95. The summed E-state index contributed by atoms with van der Waals surface area (Å²) < 4.78 is 10.4. The van der Waals surface area contributed by atoms with Crippen LogP contribution in [0.4, 0.5) is 5.69 Å². The van der Waals surface area contributed by atoms with Crippen LogP contribution in [-0.4, -0.2) is 19.2 Å². The number of benzene rings is 1. The van der Waals surface area contributed by atoms with Gasteiger partial charge in [-0.1, -0.05) is 0 Å². The molecular formula is C11H12N2O2. The second-order valence-electron chi connectivity index (χ2n) is 3.10. The van der Waals surface area contributed by atoms with Crippen LogP contribution in [0.3, 0.4) is 0 Å². The number of fused-ring (bicyclic) bond motifs is 1. The molecule has 2 rings (SSSR count). The number of aromatic nitrogens is 1. The van der Waals surface area contributed by atoms with Crippen molar-refractivity contribution in [2.75, 3.05) is 20.0 Å². The first-order chi connectivity index (χ1) is 7.27. The fraction of sp³-hybridized carbons (Fsp3) is 0.182. The van der Waals surface area contributed by atoms with Crippen LogP contribution in [0.1, 0.15) is 0 Å². The molecule has 2 aromatic rings. The minimum atomic E-state index is 0.613. The highest BCUT2D eigenvalue weighted by molar-refractivity contribution is 5.95. The van der Waals surface area contributed by atoms with Crippen molar-refractivity contribution in [3.63, 3.8) is 0 Å². The SMILES string of the molecule is COc1ccc2c(N)ccnc2c1OC. The largest absolute Gasteiger partial charge is 0.493 e. The Labute approximate surface area is 87.6 Å². The highest BCUT2D eigenvalue weighted by Gasteiger charge is 2.10. The van der Waals surface area contributed by atoms with E-state index >= 15 is 0 Å². The van der Waals surface area contributed by atoms with Crippen LogP contribution >= 0.6 is 0 Å². The normalized spacial score (nSPS) is 10.3. The number of nitrogens with two attached hydrogens (primary N) is 1. The van der Waals surface area contributed by atoms with E-state index in [2.05, 4.69) is 4.98 Å². The number of anilines is 1. The lowest BCUT2D eigenvalue weighted by atomic mass is 10.1. The van der Waals surface area contributed by atoms with E-state index in [9.17, 15) is 0 Å². The monoisotopic (exact) mass is 204 g/mol. The minimum absolute atomic E-state index is 0.613. The van der Waals surface area contributed by atoms with E-state index in [1.807, 2.05) is 12.1 Å². The maximum absolute atomic E-state index is 5.83. The Morgan fingerprint density at radius 3 is 2.60 bits per heavy atom. The van der Waals surface area contributed by atoms with Crippen molar-refractivity contribution in [1.82, 2.24) is 4.98 Å². The van der Waals surface area contributed by atoms with Crippen LogP contribution in [0.15, 0.2) is 24.4 Å². The van der Waals surface area contributed by atoms with Crippen molar-refractivity contribution in [2.24, 2.45) is 0 Å². The molecule has 0 aliphatic carbocycles. The van der Waals surface area contributed by atoms with Crippen LogP contribution < -0.4 is 15.2 Å². The third kappa shape index (κ3) is 1.44. The molecule has 0 amide bonds. The van der Waals surface area contributed by atoms with Crippen LogP contribution in [0.25, 0.3) is 10.9 Å². The fourth-order valence-electron chi connectivity index (χ4n) is 1.55. The average Bonchev–Trinajstić information content (AvgIpc) is 2.28. The van der Waals surface area contributed by atoms with E-state index in [0.717, 1.165) is 10.9 Å². The molecule has 0 atom stereocenters. The minimum Gasteiger partial charge on any atom is -0.493 e. The molecule has 0 unspecified atom stereocenters. The molecule has 0 aliphatic heterocycles. The van der Waals surface area contributed by atoms with Gasteiger partial charge < -0.3 is 15.2 Å². The summed E-state index contributed by atoms with van der Waals surface area (Å²) in [5, 5.41) is 0.871. The molecule has 0 bridgehead atoms. The van der Waals surface area contributed by atoms with Gasteiger partial charge in [-0.15, -0.1) is 0 Å². The highest BCUT2D eigenvalue weighted by Crippen LogP contribution is 2.35. The highest BCUT2D eigenvalue weighted by atomic mass is 16.5. The summed E-state index contributed by atoms with van der Waals surface area (Å²) in [5.74, 6) is 1.27. The van der Waals surface area contributed by atoms with Crippen molar-refractivity contribution in [3.05, 3.63) is 24.4 Å². The number of methoxy groups -OCH3 is 2. The molecule has 15 heavy (non-hydrogen) atoms. The Balaban J connectivity index is 2.82. The van der Waals surface area contributed by atoms with Gasteiger partial charge in [-0.3, -0.25) is 4.98 Å². The van der Waals surface area contributed by atoms with Gasteiger partial charge in [-0.25, -0.2) is 0 Å². The summed E-state index contributed by atoms with van der Waals surface area (Å²) in [4.78, 5) is 4.24. The summed E-state index contributed by atoms with van der Waals surface area (Å²) in [6.45, 7) is 0. The van der Waals surface area contributed by atoms with Gasteiger partial charge in [0.25, 0.3) is 0 Å². The summed E-state index contributed by atoms with van der Waals surface area (Å²) in [7, 11) is 3.18. The van der Waals surface area contributed by atoms with Crippen molar-refractivity contribution < 1.29 is 9.47 Å². The molecule has 1 aromatic carbocycles. The standard InChI is InChI=1S/C11H12N2O2/c1-14-9-4-3-7-8(12)5-6-13-10(7)11(9)15-2/h3-6H,1-2H3,(H2,12,13). The van der Waals surface area contributed by atoms with Crippen molar-refractivity contribution in [3.8, 4) is 11.5 Å². The number of nitrogens with zero attached hydrogens (tertiary/aromatic N) is 1. The first-order valence-corrected chi connectivity index (χ1v) is 4.53. The molecule has 0 aliphatic rings. The molecule has 1 heterocycles. The molecule has 0 spiro atoms. The Bertz CT molecular complexity index is 497. The van der Waals surface area contributed by atoms with Gasteiger partial charge in [0, 0.05) is 17.3 Å². The van der Waals surface area contributed by atoms with Gasteiger partial charge in [0.05, 0.1) is 14.2 Å². The van der Waals surface area contributed by atoms with E-state index < -0.39 is 0 Å². The number of nitrogen functional groups attached to an aromatic ring is 1. The van der Waals surface area contributed by atoms with E-state index in [0.29, 0.717) is 17.2 Å². The number of hydrogen-bond donors (Lipinski definition) is 1. The Morgan fingerprint density at radius 1 is 1.13 bits per heavy atom. The Kier molecular flexibility index (Phi) is 2.33. The van der Waals surface area contributed by atoms with E-state index in [1.165, 1.54) is 0 Å². The third-order valence-electron chi connectivity index (χ3n) is 2.29. The summed E-state index contributed by atoms with van der Waals surface area (Å²) in [5.41, 5.74) is 7.24. The lowest BCUT2D eigenvalue weighted by Gasteiger charge is -2.10. The van der Waals surface area contributed by atoms with Gasteiger partial charge in [0.2, 0.25) is 0 Å². The number of hydrogen-bond acceptors (Lipinski definition) is 4. The van der Waals surface area contributed by atoms with Crippen molar-refractivity contribution >= 4 is 16.6 Å². The van der Waals surface area contributed by atoms with Crippen LogP contribution in [-0.2, 0) is 0 Å². The molecule has 0 radical (unpaired) electrons. The van der Waals surface area contributed by atoms with Gasteiger partial charge in [0.15, 0.2) is 11.5 Å². The zero-order valence-corrected chi connectivity index (χ0v) is 8.65. The quantitative estimate of drug-likeness (QED) is 0.810. The second-order valence-corrected chi connectivity index (χ2v) is 3.10. The lowest BCUT2D eigenvalue weighted by molar-refractivity contribution is 0.358. The topological polar surface area (TPSA) is 57.4 Å². The van der Waals surface area contributed by atoms with E-state index in [4.69, 9.17) is 15.2 Å². The van der Waals surface area contributed by atoms with Crippen molar-refractivity contribution in [1.29, 1.82) is 0 Å². The molecule has 0 saturated carbocycles. The smallest absolute Gasteiger partial charge is 0.187 e.